The summed E-state index contributed by atoms with van der Waals surface area (Å²) in [7, 11) is 0. The average molecular weight is 142 g/mol. The van der Waals surface area contributed by atoms with Crippen LogP contribution in [0.15, 0.2) is 0 Å². The minimum atomic E-state index is 0.636. The van der Waals surface area contributed by atoms with Crippen molar-refractivity contribution in [2.24, 2.45) is 5.92 Å². The highest BCUT2D eigenvalue weighted by atomic mass is 16.6. The maximum atomic E-state index is 5.19. The zero-order valence-electron chi connectivity index (χ0n) is 7.10. The highest BCUT2D eigenvalue weighted by molar-refractivity contribution is 4.73. The van der Waals surface area contributed by atoms with Gasteiger partial charge in [-0.1, -0.05) is 33.1 Å². The van der Waals surface area contributed by atoms with Crippen molar-refractivity contribution in [3.05, 3.63) is 0 Å². The van der Waals surface area contributed by atoms with E-state index in [1.165, 1.54) is 25.7 Å². The van der Waals surface area contributed by atoms with Crippen LogP contribution in [0, 0.1) is 5.92 Å². The molecule has 2 atom stereocenters. The summed E-state index contributed by atoms with van der Waals surface area (Å²) in [4.78, 5) is 0. The lowest BCUT2D eigenvalue weighted by Gasteiger charge is -2.10. The molecule has 0 N–H and O–H groups in total. The monoisotopic (exact) mass is 142 g/mol. The van der Waals surface area contributed by atoms with Gasteiger partial charge in [0.2, 0.25) is 0 Å². The lowest BCUT2D eigenvalue weighted by Crippen LogP contribution is -2.02. The van der Waals surface area contributed by atoms with Crippen LogP contribution >= 0.6 is 0 Å². The molecule has 0 aromatic carbocycles. The average Bonchev–Trinajstić information content (AvgIpc) is 2.71. The Morgan fingerprint density at radius 3 is 2.60 bits per heavy atom. The molecule has 1 heteroatoms. The van der Waals surface area contributed by atoms with Gasteiger partial charge in [0.1, 0.15) is 0 Å². The van der Waals surface area contributed by atoms with E-state index in [9.17, 15) is 0 Å². The van der Waals surface area contributed by atoms with Gasteiger partial charge in [0.15, 0.2) is 0 Å². The van der Waals surface area contributed by atoms with E-state index in [2.05, 4.69) is 13.8 Å². The lowest BCUT2D eigenvalue weighted by atomic mass is 9.96. The number of ether oxygens (including phenoxy) is 1. The first-order valence-corrected chi connectivity index (χ1v) is 4.48. The van der Waals surface area contributed by atoms with E-state index < -0.39 is 0 Å². The Morgan fingerprint density at radius 1 is 1.50 bits per heavy atom. The van der Waals surface area contributed by atoms with E-state index in [0.717, 1.165) is 12.5 Å². The Labute approximate surface area is 63.8 Å². The maximum Gasteiger partial charge on any atom is 0.0812 e. The third kappa shape index (κ3) is 2.70. The summed E-state index contributed by atoms with van der Waals surface area (Å²) in [5, 5.41) is 0. The molecule has 0 radical (unpaired) electrons. The summed E-state index contributed by atoms with van der Waals surface area (Å²) in [5.74, 6) is 0.928. The van der Waals surface area contributed by atoms with Crippen LogP contribution in [0.5, 0.6) is 0 Å². The van der Waals surface area contributed by atoms with Gasteiger partial charge in [-0.15, -0.1) is 0 Å². The Morgan fingerprint density at radius 2 is 2.20 bits per heavy atom. The summed E-state index contributed by atoms with van der Waals surface area (Å²) >= 11 is 0. The molecule has 0 bridgehead atoms. The van der Waals surface area contributed by atoms with Crippen molar-refractivity contribution >= 4 is 0 Å². The Bertz CT molecular complexity index is 86.7. The van der Waals surface area contributed by atoms with Gasteiger partial charge in [0.05, 0.1) is 12.7 Å². The fourth-order valence-electron chi connectivity index (χ4n) is 1.47. The second-order valence-corrected chi connectivity index (χ2v) is 3.25. The molecule has 1 rings (SSSR count). The van der Waals surface area contributed by atoms with Crippen LogP contribution < -0.4 is 0 Å². The molecule has 0 saturated carbocycles. The molecule has 1 nitrogen and oxygen atoms in total. The fourth-order valence-corrected chi connectivity index (χ4v) is 1.47. The second-order valence-electron chi connectivity index (χ2n) is 3.25. The predicted molar refractivity (Wildman–Crippen MR) is 43.0 cm³/mol. The molecule has 2 unspecified atom stereocenters. The third-order valence-electron chi connectivity index (χ3n) is 2.27. The van der Waals surface area contributed by atoms with E-state index in [4.69, 9.17) is 4.74 Å². The summed E-state index contributed by atoms with van der Waals surface area (Å²) < 4.78 is 5.19. The molecular weight excluding hydrogens is 124 g/mol. The smallest absolute Gasteiger partial charge is 0.0812 e. The molecule has 0 aliphatic carbocycles. The number of hydrogen-bond acceptors (Lipinski definition) is 1. The maximum absolute atomic E-state index is 5.19. The summed E-state index contributed by atoms with van der Waals surface area (Å²) in [6.45, 7) is 5.57. The lowest BCUT2D eigenvalue weighted by molar-refractivity contribution is 0.335. The molecule has 0 amide bonds. The third-order valence-corrected chi connectivity index (χ3v) is 2.27. The van der Waals surface area contributed by atoms with Crippen LogP contribution in [0.3, 0.4) is 0 Å². The van der Waals surface area contributed by atoms with Crippen molar-refractivity contribution < 1.29 is 4.74 Å². The number of epoxide rings is 1. The number of hydrogen-bond donors (Lipinski definition) is 0. The van der Waals surface area contributed by atoms with Crippen LogP contribution in [0.25, 0.3) is 0 Å². The van der Waals surface area contributed by atoms with E-state index >= 15 is 0 Å². The highest BCUT2D eigenvalue weighted by Gasteiger charge is 2.25. The largest absolute Gasteiger partial charge is 0.373 e. The Balaban J connectivity index is 2.05. The standard InChI is InChI=1S/C9H18O/c1-3-5-8(4-2)6-9-7-10-9/h8-9H,3-7H2,1-2H3. The Kier molecular flexibility index (Phi) is 3.20. The minimum absolute atomic E-state index is 0.636. The summed E-state index contributed by atoms with van der Waals surface area (Å²) in [6.07, 6.45) is 5.98. The van der Waals surface area contributed by atoms with Crippen molar-refractivity contribution in [1.82, 2.24) is 0 Å². The van der Waals surface area contributed by atoms with Crippen molar-refractivity contribution in [3.63, 3.8) is 0 Å². The SMILES string of the molecule is CCCC(CC)CC1CO1. The molecule has 1 aliphatic rings. The van der Waals surface area contributed by atoms with Gasteiger partial charge in [-0.2, -0.15) is 0 Å². The van der Waals surface area contributed by atoms with Gasteiger partial charge in [0.25, 0.3) is 0 Å². The quantitative estimate of drug-likeness (QED) is 0.537. The highest BCUT2D eigenvalue weighted by Crippen LogP contribution is 2.24. The van der Waals surface area contributed by atoms with Crippen LogP contribution in [0.2, 0.25) is 0 Å². The van der Waals surface area contributed by atoms with Gasteiger partial charge in [-0.3, -0.25) is 0 Å². The minimum Gasteiger partial charge on any atom is -0.373 e. The topological polar surface area (TPSA) is 12.5 Å². The molecule has 1 fully saturated rings. The molecule has 0 spiro atoms. The predicted octanol–water partition coefficient (Wildman–Crippen LogP) is 2.60. The van der Waals surface area contributed by atoms with Crippen LogP contribution in [-0.4, -0.2) is 12.7 Å². The van der Waals surface area contributed by atoms with Crippen LogP contribution in [0.4, 0.5) is 0 Å². The van der Waals surface area contributed by atoms with Crippen molar-refractivity contribution in [1.29, 1.82) is 0 Å². The fraction of sp³-hybridized carbons (Fsp3) is 1.00. The molecule has 1 heterocycles. The molecule has 60 valence electrons. The summed E-state index contributed by atoms with van der Waals surface area (Å²) in [6, 6.07) is 0. The second kappa shape index (κ2) is 3.97. The molecule has 1 aliphatic heterocycles. The summed E-state index contributed by atoms with van der Waals surface area (Å²) in [5.41, 5.74) is 0. The Hall–Kier alpha value is -0.0400. The van der Waals surface area contributed by atoms with Gasteiger partial charge >= 0.3 is 0 Å². The first kappa shape index (κ1) is 8.06. The molecule has 1 saturated heterocycles. The van der Waals surface area contributed by atoms with Crippen molar-refractivity contribution in [2.45, 2.75) is 45.6 Å². The normalized spacial score (nSPS) is 26.4. The van der Waals surface area contributed by atoms with E-state index in [1.807, 2.05) is 0 Å². The molecule has 0 aromatic rings. The van der Waals surface area contributed by atoms with E-state index in [-0.39, 0.29) is 0 Å². The first-order chi connectivity index (χ1) is 4.86. The van der Waals surface area contributed by atoms with Gasteiger partial charge in [-0.25, -0.2) is 0 Å². The van der Waals surface area contributed by atoms with E-state index in [1.54, 1.807) is 0 Å². The van der Waals surface area contributed by atoms with Crippen LogP contribution in [0.1, 0.15) is 39.5 Å². The first-order valence-electron chi connectivity index (χ1n) is 4.48. The number of rotatable bonds is 5. The molecule has 0 aromatic heterocycles. The zero-order valence-corrected chi connectivity index (χ0v) is 7.10. The van der Waals surface area contributed by atoms with Crippen molar-refractivity contribution in [3.8, 4) is 0 Å². The zero-order chi connectivity index (χ0) is 7.40. The van der Waals surface area contributed by atoms with E-state index in [0.29, 0.717) is 6.10 Å². The van der Waals surface area contributed by atoms with Crippen LogP contribution in [-0.2, 0) is 4.74 Å². The van der Waals surface area contributed by atoms with Crippen molar-refractivity contribution in [2.75, 3.05) is 6.61 Å². The molecular formula is C9H18O. The van der Waals surface area contributed by atoms with Gasteiger partial charge in [0, 0.05) is 0 Å². The molecule has 10 heavy (non-hydrogen) atoms. The van der Waals surface area contributed by atoms with Gasteiger partial charge < -0.3 is 4.74 Å². The van der Waals surface area contributed by atoms with Gasteiger partial charge in [-0.05, 0) is 12.3 Å².